The Morgan fingerprint density at radius 3 is 2.86 bits per heavy atom. The molecule has 28 heavy (non-hydrogen) atoms. The van der Waals surface area contributed by atoms with E-state index in [1.807, 2.05) is 13.8 Å². The lowest BCUT2D eigenvalue weighted by Gasteiger charge is -2.21. The summed E-state index contributed by atoms with van der Waals surface area (Å²) in [6, 6.07) is 2.34. The van der Waals surface area contributed by atoms with E-state index in [0.717, 1.165) is 26.9 Å². The minimum Gasteiger partial charge on any atom is -0.402 e. The van der Waals surface area contributed by atoms with Crippen LogP contribution in [-0.4, -0.2) is 46.4 Å². The number of carbonyl (C=O) groups excluding carboxylic acids is 1. The number of carbonyl (C=O) groups is 1. The fourth-order valence-corrected chi connectivity index (χ4v) is 6.72. The number of aryl methyl sites for hydroxylation is 2. The largest absolute Gasteiger partial charge is 0.402 e. The van der Waals surface area contributed by atoms with Gasteiger partial charge in [0.2, 0.25) is 5.91 Å². The molecule has 1 fully saturated rings. The highest BCUT2D eigenvalue weighted by atomic mass is 32.2. The lowest BCUT2D eigenvalue weighted by molar-refractivity contribution is -0.119. The molecule has 0 saturated carbocycles. The standard InChI is InChI=1S/C16H17N5O4S3/c1-9-13(27-10(2)17-9)15-19-20-16(25-15)18-14(22)11-5-3-7-21(11)28(23,24)12-6-4-8-26-12/h4,6,8,11H,3,5,7H2,1-2H3,(H,18,20,22). The zero-order chi connectivity index (χ0) is 19.9. The molecule has 3 aromatic rings. The van der Waals surface area contributed by atoms with Crippen LogP contribution in [0.4, 0.5) is 6.01 Å². The van der Waals surface area contributed by atoms with Gasteiger partial charge in [-0.05, 0) is 38.1 Å². The second-order valence-corrected chi connectivity index (χ2v) is 10.5. The number of hydrogen-bond acceptors (Lipinski definition) is 9. The molecule has 9 nitrogen and oxygen atoms in total. The van der Waals surface area contributed by atoms with Crippen LogP contribution in [0, 0.1) is 13.8 Å². The Morgan fingerprint density at radius 1 is 1.36 bits per heavy atom. The number of rotatable bonds is 5. The Morgan fingerprint density at radius 2 is 2.18 bits per heavy atom. The average molecular weight is 440 g/mol. The maximum Gasteiger partial charge on any atom is 0.322 e. The summed E-state index contributed by atoms with van der Waals surface area (Å²) in [6.45, 7) is 4.02. The Hall–Kier alpha value is -2.15. The summed E-state index contributed by atoms with van der Waals surface area (Å²) >= 11 is 2.55. The maximum atomic E-state index is 12.8. The fraction of sp³-hybridized carbons (Fsp3) is 0.375. The Balaban J connectivity index is 1.51. The summed E-state index contributed by atoms with van der Waals surface area (Å²) < 4.78 is 32.6. The van der Waals surface area contributed by atoms with Crippen molar-refractivity contribution in [2.45, 2.75) is 36.9 Å². The van der Waals surface area contributed by atoms with Crippen LogP contribution in [0.2, 0.25) is 0 Å². The lowest BCUT2D eigenvalue weighted by atomic mass is 10.2. The molecule has 4 heterocycles. The first kappa shape index (κ1) is 19.2. The van der Waals surface area contributed by atoms with Crippen molar-refractivity contribution in [3.63, 3.8) is 0 Å². The minimum atomic E-state index is -3.70. The van der Waals surface area contributed by atoms with E-state index < -0.39 is 22.0 Å². The molecule has 0 aromatic carbocycles. The van der Waals surface area contributed by atoms with E-state index in [1.165, 1.54) is 21.7 Å². The zero-order valence-electron chi connectivity index (χ0n) is 15.1. The number of sulfonamides is 1. The number of nitrogens with zero attached hydrogens (tertiary/aromatic N) is 4. The molecule has 1 N–H and O–H groups in total. The summed E-state index contributed by atoms with van der Waals surface area (Å²) in [6.07, 6.45) is 1.04. The molecular weight excluding hydrogens is 422 g/mol. The van der Waals surface area contributed by atoms with Gasteiger partial charge in [-0.15, -0.1) is 27.8 Å². The van der Waals surface area contributed by atoms with E-state index in [1.54, 1.807) is 11.4 Å². The first-order chi connectivity index (χ1) is 13.4. The molecule has 12 heteroatoms. The number of anilines is 1. The van der Waals surface area contributed by atoms with Crippen molar-refractivity contribution in [3.05, 3.63) is 28.2 Å². The van der Waals surface area contributed by atoms with Crippen molar-refractivity contribution in [1.29, 1.82) is 0 Å². The highest BCUT2D eigenvalue weighted by Gasteiger charge is 2.40. The van der Waals surface area contributed by atoms with Crippen molar-refractivity contribution in [1.82, 2.24) is 19.5 Å². The Kier molecular flexibility index (Phi) is 5.04. The molecule has 1 aliphatic rings. The highest BCUT2D eigenvalue weighted by molar-refractivity contribution is 7.91. The van der Waals surface area contributed by atoms with Crippen LogP contribution >= 0.6 is 22.7 Å². The zero-order valence-corrected chi connectivity index (χ0v) is 17.5. The van der Waals surface area contributed by atoms with Crippen molar-refractivity contribution in [3.8, 4) is 10.8 Å². The number of nitrogens with one attached hydrogen (secondary N) is 1. The molecule has 4 rings (SSSR count). The van der Waals surface area contributed by atoms with Crippen LogP contribution in [0.1, 0.15) is 23.5 Å². The fourth-order valence-electron chi connectivity index (χ4n) is 3.10. The predicted molar refractivity (Wildman–Crippen MR) is 105 cm³/mol. The SMILES string of the molecule is Cc1nc(C)c(-c2nnc(NC(=O)C3CCCN3S(=O)(=O)c3cccs3)o2)s1. The van der Waals surface area contributed by atoms with Gasteiger partial charge in [0.15, 0.2) is 0 Å². The van der Waals surface area contributed by atoms with Crippen molar-refractivity contribution in [2.75, 3.05) is 11.9 Å². The van der Waals surface area contributed by atoms with E-state index in [2.05, 4.69) is 20.5 Å². The summed E-state index contributed by atoms with van der Waals surface area (Å²) in [5.74, 6) is -0.210. The monoisotopic (exact) mass is 439 g/mol. The van der Waals surface area contributed by atoms with Crippen LogP contribution in [-0.2, 0) is 14.8 Å². The van der Waals surface area contributed by atoms with Gasteiger partial charge in [-0.2, -0.15) is 4.31 Å². The smallest absolute Gasteiger partial charge is 0.322 e. The number of thiazole rings is 1. The summed E-state index contributed by atoms with van der Waals surface area (Å²) in [7, 11) is -3.70. The Labute approximate surface area is 169 Å². The van der Waals surface area contributed by atoms with E-state index in [4.69, 9.17) is 4.42 Å². The second-order valence-electron chi connectivity index (χ2n) is 6.25. The molecule has 0 bridgehead atoms. The molecule has 1 unspecified atom stereocenters. The van der Waals surface area contributed by atoms with Gasteiger partial charge in [0, 0.05) is 6.54 Å². The van der Waals surface area contributed by atoms with Crippen LogP contribution in [0.25, 0.3) is 10.8 Å². The van der Waals surface area contributed by atoms with Gasteiger partial charge in [0.25, 0.3) is 15.9 Å². The average Bonchev–Trinajstić information content (AvgIpc) is 3.42. The van der Waals surface area contributed by atoms with Gasteiger partial charge in [-0.1, -0.05) is 11.2 Å². The van der Waals surface area contributed by atoms with Gasteiger partial charge < -0.3 is 4.42 Å². The van der Waals surface area contributed by atoms with Gasteiger partial charge in [0.05, 0.1) is 10.7 Å². The lowest BCUT2D eigenvalue weighted by Crippen LogP contribution is -2.42. The molecule has 1 saturated heterocycles. The first-order valence-electron chi connectivity index (χ1n) is 8.50. The molecule has 0 radical (unpaired) electrons. The number of amides is 1. The molecule has 3 aromatic heterocycles. The number of aromatic nitrogens is 3. The van der Waals surface area contributed by atoms with Crippen LogP contribution < -0.4 is 5.32 Å². The molecule has 1 aliphatic heterocycles. The van der Waals surface area contributed by atoms with Crippen molar-refractivity contribution < 1.29 is 17.6 Å². The van der Waals surface area contributed by atoms with E-state index in [9.17, 15) is 13.2 Å². The molecule has 1 atom stereocenters. The quantitative estimate of drug-likeness (QED) is 0.649. The first-order valence-corrected chi connectivity index (χ1v) is 11.6. The van der Waals surface area contributed by atoms with Crippen molar-refractivity contribution in [2.24, 2.45) is 0 Å². The third kappa shape index (κ3) is 3.48. The summed E-state index contributed by atoms with van der Waals surface area (Å²) in [5, 5.41) is 12.9. The third-order valence-electron chi connectivity index (χ3n) is 4.32. The molecular formula is C16H17N5O4S3. The number of hydrogen-bond donors (Lipinski definition) is 1. The predicted octanol–water partition coefficient (Wildman–Crippen LogP) is 2.66. The van der Waals surface area contributed by atoms with Gasteiger partial charge in [-0.3, -0.25) is 10.1 Å². The molecule has 0 spiro atoms. The normalized spacial score (nSPS) is 17.9. The molecule has 1 amide bonds. The van der Waals surface area contributed by atoms with E-state index >= 15 is 0 Å². The van der Waals surface area contributed by atoms with Gasteiger partial charge >= 0.3 is 6.01 Å². The van der Waals surface area contributed by atoms with Gasteiger partial charge in [0.1, 0.15) is 15.1 Å². The van der Waals surface area contributed by atoms with Crippen LogP contribution in [0.5, 0.6) is 0 Å². The van der Waals surface area contributed by atoms with E-state index in [0.29, 0.717) is 19.4 Å². The van der Waals surface area contributed by atoms with E-state index in [-0.39, 0.29) is 16.1 Å². The minimum absolute atomic E-state index is 0.0641. The second kappa shape index (κ2) is 7.35. The van der Waals surface area contributed by atoms with Crippen LogP contribution in [0.15, 0.2) is 26.1 Å². The highest BCUT2D eigenvalue weighted by Crippen LogP contribution is 2.31. The van der Waals surface area contributed by atoms with Gasteiger partial charge in [-0.25, -0.2) is 13.4 Å². The Bertz CT molecular complexity index is 1100. The summed E-state index contributed by atoms with van der Waals surface area (Å²) in [4.78, 5) is 17.8. The molecule has 148 valence electrons. The third-order valence-corrected chi connectivity index (χ3v) is 8.66. The van der Waals surface area contributed by atoms with Crippen LogP contribution in [0.3, 0.4) is 0 Å². The number of thiophene rings is 1. The maximum absolute atomic E-state index is 12.8. The van der Waals surface area contributed by atoms with Crippen molar-refractivity contribution >= 4 is 44.6 Å². The summed E-state index contributed by atoms with van der Waals surface area (Å²) in [5.41, 5.74) is 0.771. The topological polar surface area (TPSA) is 118 Å². The molecule has 0 aliphatic carbocycles.